The molecule has 0 aliphatic carbocycles. The van der Waals surface area contributed by atoms with Crippen LogP contribution in [0.3, 0.4) is 0 Å². The molecule has 4 aromatic rings. The second-order valence-electron chi connectivity index (χ2n) is 6.10. The first kappa shape index (κ1) is 16.8. The van der Waals surface area contributed by atoms with Crippen LogP contribution in [0.15, 0.2) is 77.6 Å². The van der Waals surface area contributed by atoms with Crippen molar-refractivity contribution in [1.29, 1.82) is 0 Å². The molecule has 1 N–H and O–H groups in total. The summed E-state index contributed by atoms with van der Waals surface area (Å²) < 4.78 is 7.29. The number of imidazole rings is 1. The van der Waals surface area contributed by atoms with E-state index in [0.717, 1.165) is 22.6 Å². The third kappa shape index (κ3) is 3.50. The summed E-state index contributed by atoms with van der Waals surface area (Å²) in [6, 6.07) is 19.1. The molecule has 0 bridgehead atoms. The number of para-hydroxylation sites is 1. The second kappa shape index (κ2) is 7.29. The molecule has 0 spiro atoms. The molecular weight excluding hydrogens is 340 g/mol. The van der Waals surface area contributed by atoms with E-state index >= 15 is 0 Å². The van der Waals surface area contributed by atoms with Gasteiger partial charge in [0.15, 0.2) is 11.5 Å². The van der Waals surface area contributed by atoms with Crippen molar-refractivity contribution in [2.75, 3.05) is 0 Å². The van der Waals surface area contributed by atoms with Gasteiger partial charge in [0.1, 0.15) is 5.82 Å². The minimum Gasteiger partial charge on any atom is -0.355 e. The molecule has 2 aromatic carbocycles. The van der Waals surface area contributed by atoms with Crippen LogP contribution >= 0.6 is 0 Å². The SMILES string of the molecule is Cc1nccn1-c1ccccc1CNC(=O)c1cc(-c2ccccc2)on1. The number of hydrogen-bond acceptors (Lipinski definition) is 4. The number of nitrogens with zero attached hydrogens (tertiary/aromatic N) is 3. The van der Waals surface area contributed by atoms with E-state index in [1.807, 2.05) is 72.3 Å². The van der Waals surface area contributed by atoms with E-state index in [1.165, 1.54) is 0 Å². The first-order valence-electron chi connectivity index (χ1n) is 8.61. The number of benzene rings is 2. The van der Waals surface area contributed by atoms with Crippen molar-refractivity contribution in [1.82, 2.24) is 20.0 Å². The number of rotatable bonds is 5. The van der Waals surface area contributed by atoms with E-state index in [2.05, 4.69) is 15.5 Å². The normalized spacial score (nSPS) is 10.7. The zero-order valence-corrected chi connectivity index (χ0v) is 14.8. The summed E-state index contributed by atoms with van der Waals surface area (Å²) in [7, 11) is 0. The number of aromatic nitrogens is 3. The third-order valence-electron chi connectivity index (χ3n) is 4.32. The summed E-state index contributed by atoms with van der Waals surface area (Å²) in [6.07, 6.45) is 3.66. The van der Waals surface area contributed by atoms with Crippen LogP contribution in [0.25, 0.3) is 17.0 Å². The Kier molecular flexibility index (Phi) is 4.53. The number of carbonyl (C=O) groups excluding carboxylic acids is 1. The second-order valence-corrected chi connectivity index (χ2v) is 6.10. The molecule has 0 radical (unpaired) electrons. The summed E-state index contributed by atoms with van der Waals surface area (Å²) in [4.78, 5) is 16.7. The first-order valence-corrected chi connectivity index (χ1v) is 8.61. The molecule has 27 heavy (non-hydrogen) atoms. The van der Waals surface area contributed by atoms with Crippen molar-refractivity contribution < 1.29 is 9.32 Å². The van der Waals surface area contributed by atoms with Crippen LogP contribution in [-0.2, 0) is 6.54 Å². The van der Waals surface area contributed by atoms with Gasteiger partial charge in [-0.2, -0.15) is 0 Å². The van der Waals surface area contributed by atoms with Gasteiger partial charge in [-0.3, -0.25) is 4.79 Å². The quantitative estimate of drug-likeness (QED) is 0.589. The van der Waals surface area contributed by atoms with Gasteiger partial charge in [-0.05, 0) is 18.6 Å². The molecule has 0 aliphatic rings. The Morgan fingerprint density at radius 2 is 1.89 bits per heavy atom. The molecule has 4 rings (SSSR count). The highest BCUT2D eigenvalue weighted by molar-refractivity contribution is 5.93. The maximum Gasteiger partial charge on any atom is 0.273 e. The van der Waals surface area contributed by atoms with Crippen molar-refractivity contribution in [3.05, 3.63) is 90.1 Å². The third-order valence-corrected chi connectivity index (χ3v) is 4.32. The minimum atomic E-state index is -0.280. The molecule has 0 unspecified atom stereocenters. The average molecular weight is 358 g/mol. The van der Waals surface area contributed by atoms with Gasteiger partial charge in [-0.25, -0.2) is 4.98 Å². The van der Waals surface area contributed by atoms with Crippen molar-refractivity contribution in [3.63, 3.8) is 0 Å². The maximum atomic E-state index is 12.5. The summed E-state index contributed by atoms with van der Waals surface area (Å²) in [6.45, 7) is 2.32. The summed E-state index contributed by atoms with van der Waals surface area (Å²) in [5.41, 5.74) is 3.10. The van der Waals surface area contributed by atoms with Crippen LogP contribution in [0, 0.1) is 6.92 Å². The number of aryl methyl sites for hydroxylation is 1. The van der Waals surface area contributed by atoms with Gasteiger partial charge in [-0.1, -0.05) is 53.7 Å². The van der Waals surface area contributed by atoms with E-state index in [0.29, 0.717) is 12.3 Å². The standard InChI is InChI=1S/C21H18N4O2/c1-15-22-11-12-25(15)19-10-6-5-9-17(19)14-23-21(26)18-13-20(27-24-18)16-7-3-2-4-8-16/h2-13H,14H2,1H3,(H,23,26). The molecule has 6 heteroatoms. The van der Waals surface area contributed by atoms with Crippen molar-refractivity contribution in [3.8, 4) is 17.0 Å². The van der Waals surface area contributed by atoms with E-state index in [4.69, 9.17) is 4.52 Å². The first-order chi connectivity index (χ1) is 13.2. The fourth-order valence-electron chi connectivity index (χ4n) is 2.91. The largest absolute Gasteiger partial charge is 0.355 e. The highest BCUT2D eigenvalue weighted by Crippen LogP contribution is 2.20. The molecule has 2 heterocycles. The highest BCUT2D eigenvalue weighted by Gasteiger charge is 2.14. The Morgan fingerprint density at radius 1 is 1.11 bits per heavy atom. The van der Waals surface area contributed by atoms with E-state index in [9.17, 15) is 4.79 Å². The highest BCUT2D eigenvalue weighted by atomic mass is 16.5. The van der Waals surface area contributed by atoms with E-state index in [-0.39, 0.29) is 11.6 Å². The van der Waals surface area contributed by atoms with E-state index < -0.39 is 0 Å². The van der Waals surface area contributed by atoms with E-state index in [1.54, 1.807) is 12.3 Å². The van der Waals surface area contributed by atoms with Gasteiger partial charge < -0.3 is 14.4 Å². The van der Waals surface area contributed by atoms with Gasteiger partial charge in [0.25, 0.3) is 5.91 Å². The molecule has 1 amide bonds. The Labute approximate surface area is 156 Å². The van der Waals surface area contributed by atoms with Crippen molar-refractivity contribution in [2.45, 2.75) is 13.5 Å². The molecule has 0 saturated heterocycles. The zero-order valence-electron chi connectivity index (χ0n) is 14.8. The Hall–Kier alpha value is -3.67. The Morgan fingerprint density at radius 3 is 2.67 bits per heavy atom. The summed E-state index contributed by atoms with van der Waals surface area (Å²) in [5, 5.41) is 6.80. The van der Waals surface area contributed by atoms with Crippen LogP contribution in [0.4, 0.5) is 0 Å². The van der Waals surface area contributed by atoms with Crippen LogP contribution in [0.5, 0.6) is 0 Å². The van der Waals surface area contributed by atoms with Gasteiger partial charge >= 0.3 is 0 Å². The van der Waals surface area contributed by atoms with Crippen LogP contribution in [0.2, 0.25) is 0 Å². The summed E-state index contributed by atoms with van der Waals surface area (Å²) in [5.74, 6) is 1.17. The lowest BCUT2D eigenvalue weighted by atomic mass is 10.1. The van der Waals surface area contributed by atoms with Gasteiger partial charge in [0.2, 0.25) is 0 Å². The Balaban J connectivity index is 1.50. The zero-order chi connectivity index (χ0) is 18.6. The molecular formula is C21H18N4O2. The molecule has 0 saturated carbocycles. The van der Waals surface area contributed by atoms with Crippen molar-refractivity contribution in [2.24, 2.45) is 0 Å². The number of hydrogen-bond donors (Lipinski definition) is 1. The minimum absolute atomic E-state index is 0.255. The smallest absolute Gasteiger partial charge is 0.273 e. The summed E-state index contributed by atoms with van der Waals surface area (Å²) >= 11 is 0. The van der Waals surface area contributed by atoms with Gasteiger partial charge in [0, 0.05) is 30.6 Å². The number of amides is 1. The van der Waals surface area contributed by atoms with Gasteiger partial charge in [0.05, 0.1) is 5.69 Å². The van der Waals surface area contributed by atoms with Crippen LogP contribution in [-0.4, -0.2) is 20.6 Å². The molecule has 0 aliphatic heterocycles. The van der Waals surface area contributed by atoms with Crippen LogP contribution < -0.4 is 5.32 Å². The number of carbonyl (C=O) groups is 1. The average Bonchev–Trinajstić information content (AvgIpc) is 3.36. The van der Waals surface area contributed by atoms with Crippen molar-refractivity contribution >= 4 is 5.91 Å². The fourth-order valence-corrected chi connectivity index (χ4v) is 2.91. The Bertz CT molecular complexity index is 1070. The number of nitrogens with one attached hydrogen (secondary N) is 1. The lowest BCUT2D eigenvalue weighted by Gasteiger charge is -2.12. The monoisotopic (exact) mass is 358 g/mol. The molecule has 2 aromatic heterocycles. The molecule has 0 atom stereocenters. The van der Waals surface area contributed by atoms with Gasteiger partial charge in [-0.15, -0.1) is 0 Å². The predicted octanol–water partition coefficient (Wildman–Crippen LogP) is 3.77. The lowest BCUT2D eigenvalue weighted by molar-refractivity contribution is 0.0942. The topological polar surface area (TPSA) is 73.0 Å². The fraction of sp³-hybridized carbons (Fsp3) is 0.0952. The van der Waals surface area contributed by atoms with Crippen LogP contribution in [0.1, 0.15) is 21.9 Å². The maximum absolute atomic E-state index is 12.5. The molecule has 0 fully saturated rings. The lowest BCUT2D eigenvalue weighted by Crippen LogP contribution is -2.23. The predicted molar refractivity (Wildman–Crippen MR) is 101 cm³/mol. The molecule has 6 nitrogen and oxygen atoms in total. The molecule has 134 valence electrons.